The van der Waals surface area contributed by atoms with E-state index in [1.54, 1.807) is 6.20 Å². The van der Waals surface area contributed by atoms with E-state index in [1.807, 2.05) is 17.6 Å². The van der Waals surface area contributed by atoms with E-state index < -0.39 is 0 Å². The molecule has 18 heavy (non-hydrogen) atoms. The second-order valence-corrected chi connectivity index (χ2v) is 5.26. The Morgan fingerprint density at radius 3 is 3.11 bits per heavy atom. The van der Waals surface area contributed by atoms with Gasteiger partial charge in [-0.1, -0.05) is 0 Å². The maximum atomic E-state index is 6.02. The fraction of sp³-hybridized carbons (Fsp3) is 0.538. The molecule has 96 valence electrons. The van der Waals surface area contributed by atoms with Crippen LogP contribution in [0.3, 0.4) is 0 Å². The van der Waals surface area contributed by atoms with E-state index in [1.165, 1.54) is 0 Å². The predicted molar refractivity (Wildman–Crippen MR) is 70.3 cm³/mol. The summed E-state index contributed by atoms with van der Waals surface area (Å²) in [5.41, 5.74) is 8.71. The minimum absolute atomic E-state index is 0.146. The first-order valence-electron chi connectivity index (χ1n) is 6.30. The number of hydrogen-bond acceptors (Lipinski definition) is 4. The zero-order valence-electron chi connectivity index (χ0n) is 10.8. The monoisotopic (exact) mass is 246 g/mol. The van der Waals surface area contributed by atoms with E-state index in [-0.39, 0.29) is 5.60 Å². The number of nitrogens with zero attached hydrogens (tertiary/aromatic N) is 3. The van der Waals surface area contributed by atoms with Crippen LogP contribution in [0.5, 0.6) is 0 Å². The summed E-state index contributed by atoms with van der Waals surface area (Å²) in [7, 11) is 0. The Kier molecular flexibility index (Phi) is 2.52. The van der Waals surface area contributed by atoms with Crippen LogP contribution in [0, 0.1) is 6.92 Å². The molecule has 1 atom stereocenters. The number of fused-ring (bicyclic) bond motifs is 1. The summed E-state index contributed by atoms with van der Waals surface area (Å²) in [6.45, 7) is 5.69. The number of imidazole rings is 1. The first-order valence-corrected chi connectivity index (χ1v) is 6.30. The molecule has 0 aromatic carbocycles. The molecule has 0 spiro atoms. The average Bonchev–Trinajstić information content (AvgIpc) is 2.88. The van der Waals surface area contributed by atoms with Crippen molar-refractivity contribution in [2.75, 3.05) is 12.3 Å². The summed E-state index contributed by atoms with van der Waals surface area (Å²) in [6.07, 6.45) is 3.96. The molecule has 5 heteroatoms. The van der Waals surface area contributed by atoms with E-state index in [9.17, 15) is 0 Å². The molecule has 1 aliphatic heterocycles. The Labute approximate surface area is 106 Å². The Morgan fingerprint density at radius 2 is 2.39 bits per heavy atom. The molecule has 2 aromatic heterocycles. The van der Waals surface area contributed by atoms with Gasteiger partial charge < -0.3 is 10.5 Å². The quantitative estimate of drug-likeness (QED) is 0.878. The maximum Gasteiger partial charge on any atom is 0.202 e. The Morgan fingerprint density at radius 1 is 1.56 bits per heavy atom. The number of aromatic nitrogens is 3. The van der Waals surface area contributed by atoms with Crippen LogP contribution in [-0.2, 0) is 11.3 Å². The van der Waals surface area contributed by atoms with Crippen molar-refractivity contribution < 1.29 is 4.74 Å². The molecular weight excluding hydrogens is 228 g/mol. The fourth-order valence-corrected chi connectivity index (χ4v) is 2.61. The van der Waals surface area contributed by atoms with E-state index in [0.717, 1.165) is 36.2 Å². The first-order chi connectivity index (χ1) is 8.59. The number of ether oxygens (including phenoxy) is 1. The highest BCUT2D eigenvalue weighted by Gasteiger charge is 2.31. The van der Waals surface area contributed by atoms with Gasteiger partial charge in [0.2, 0.25) is 5.95 Å². The molecular formula is C13H18N4O. The number of anilines is 1. The Hall–Kier alpha value is -1.62. The molecule has 0 amide bonds. The lowest BCUT2D eigenvalue weighted by Crippen LogP contribution is -2.30. The summed E-state index contributed by atoms with van der Waals surface area (Å²) in [6, 6.07) is 1.95. The summed E-state index contributed by atoms with van der Waals surface area (Å²) >= 11 is 0. The van der Waals surface area contributed by atoms with Crippen molar-refractivity contribution in [1.29, 1.82) is 0 Å². The Bertz CT molecular complexity index is 584. The zero-order valence-corrected chi connectivity index (χ0v) is 10.8. The van der Waals surface area contributed by atoms with Crippen LogP contribution in [-0.4, -0.2) is 26.7 Å². The van der Waals surface area contributed by atoms with Crippen LogP contribution in [0.2, 0.25) is 0 Å². The highest BCUT2D eigenvalue weighted by atomic mass is 16.5. The van der Waals surface area contributed by atoms with Crippen LogP contribution < -0.4 is 5.73 Å². The van der Waals surface area contributed by atoms with Crippen LogP contribution in [0.1, 0.15) is 25.3 Å². The minimum Gasteiger partial charge on any atom is -0.373 e. The van der Waals surface area contributed by atoms with Gasteiger partial charge in [0.1, 0.15) is 5.52 Å². The summed E-state index contributed by atoms with van der Waals surface area (Å²) in [5.74, 6) is 0.517. The number of nitrogen functional groups attached to an aromatic ring is 1. The first kappa shape index (κ1) is 11.5. The van der Waals surface area contributed by atoms with Gasteiger partial charge in [-0.05, 0) is 38.3 Å². The molecule has 0 saturated carbocycles. The predicted octanol–water partition coefficient (Wildman–Crippen LogP) is 1.89. The average molecular weight is 246 g/mol. The molecule has 3 heterocycles. The summed E-state index contributed by atoms with van der Waals surface area (Å²) in [5, 5.41) is 0. The highest BCUT2D eigenvalue weighted by molar-refractivity contribution is 5.77. The van der Waals surface area contributed by atoms with Gasteiger partial charge in [0.05, 0.1) is 12.1 Å². The molecule has 1 saturated heterocycles. The third-order valence-electron chi connectivity index (χ3n) is 3.66. The van der Waals surface area contributed by atoms with E-state index in [4.69, 9.17) is 10.5 Å². The number of pyridine rings is 1. The van der Waals surface area contributed by atoms with Crippen molar-refractivity contribution in [2.24, 2.45) is 0 Å². The number of hydrogen-bond donors (Lipinski definition) is 1. The van der Waals surface area contributed by atoms with Crippen LogP contribution in [0.4, 0.5) is 5.95 Å². The largest absolute Gasteiger partial charge is 0.373 e. The van der Waals surface area contributed by atoms with Gasteiger partial charge in [-0.25, -0.2) is 9.97 Å². The van der Waals surface area contributed by atoms with Crippen molar-refractivity contribution >= 4 is 17.1 Å². The van der Waals surface area contributed by atoms with Gasteiger partial charge in [-0.2, -0.15) is 0 Å². The standard InChI is InChI=1S/C13H18N4O/c1-9-4-6-15-11-10(9)16-12(14)17(11)8-13(2)5-3-7-18-13/h4,6H,3,5,7-8H2,1-2H3,(H2,14,16). The molecule has 0 aliphatic carbocycles. The topological polar surface area (TPSA) is 66.0 Å². The number of aryl methyl sites for hydroxylation is 1. The summed E-state index contributed by atoms with van der Waals surface area (Å²) in [4.78, 5) is 8.81. The van der Waals surface area contributed by atoms with Crippen LogP contribution in [0.25, 0.3) is 11.2 Å². The van der Waals surface area contributed by atoms with Gasteiger partial charge in [-0.15, -0.1) is 0 Å². The normalized spacial score (nSPS) is 23.9. The number of rotatable bonds is 2. The van der Waals surface area contributed by atoms with Gasteiger partial charge in [0, 0.05) is 12.8 Å². The molecule has 1 unspecified atom stereocenters. The highest BCUT2D eigenvalue weighted by Crippen LogP contribution is 2.29. The van der Waals surface area contributed by atoms with Crippen molar-refractivity contribution in [2.45, 2.75) is 38.8 Å². The minimum atomic E-state index is -0.146. The van der Waals surface area contributed by atoms with E-state index in [2.05, 4.69) is 16.9 Å². The van der Waals surface area contributed by atoms with Crippen LogP contribution >= 0.6 is 0 Å². The van der Waals surface area contributed by atoms with Crippen molar-refractivity contribution in [3.05, 3.63) is 17.8 Å². The molecule has 0 radical (unpaired) electrons. The van der Waals surface area contributed by atoms with Crippen molar-refractivity contribution in [1.82, 2.24) is 14.5 Å². The van der Waals surface area contributed by atoms with Gasteiger partial charge in [0.15, 0.2) is 5.65 Å². The van der Waals surface area contributed by atoms with Crippen molar-refractivity contribution in [3.63, 3.8) is 0 Å². The smallest absolute Gasteiger partial charge is 0.202 e. The molecule has 5 nitrogen and oxygen atoms in total. The van der Waals surface area contributed by atoms with E-state index in [0.29, 0.717) is 12.5 Å². The SMILES string of the molecule is Cc1ccnc2c1nc(N)n2CC1(C)CCCO1. The lowest BCUT2D eigenvalue weighted by molar-refractivity contribution is 0.00740. The molecule has 1 fully saturated rings. The number of nitrogens with two attached hydrogens (primary N) is 1. The molecule has 3 rings (SSSR count). The third-order valence-corrected chi connectivity index (χ3v) is 3.66. The third kappa shape index (κ3) is 1.75. The van der Waals surface area contributed by atoms with Crippen LogP contribution in [0.15, 0.2) is 12.3 Å². The second-order valence-electron chi connectivity index (χ2n) is 5.26. The van der Waals surface area contributed by atoms with Gasteiger partial charge in [0.25, 0.3) is 0 Å². The van der Waals surface area contributed by atoms with Gasteiger partial charge >= 0.3 is 0 Å². The lowest BCUT2D eigenvalue weighted by atomic mass is 10.0. The Balaban J connectivity index is 2.06. The molecule has 2 N–H and O–H groups in total. The molecule has 0 bridgehead atoms. The maximum absolute atomic E-state index is 6.02. The van der Waals surface area contributed by atoms with Gasteiger partial charge in [-0.3, -0.25) is 4.57 Å². The zero-order chi connectivity index (χ0) is 12.8. The van der Waals surface area contributed by atoms with Crippen molar-refractivity contribution in [3.8, 4) is 0 Å². The fourth-order valence-electron chi connectivity index (χ4n) is 2.61. The lowest BCUT2D eigenvalue weighted by Gasteiger charge is -2.24. The second kappa shape index (κ2) is 3.95. The molecule has 2 aromatic rings. The van der Waals surface area contributed by atoms with E-state index >= 15 is 0 Å². The summed E-state index contributed by atoms with van der Waals surface area (Å²) < 4.78 is 7.78. The molecule has 1 aliphatic rings.